The van der Waals surface area contributed by atoms with Gasteiger partial charge < -0.3 is 4.74 Å². The fourth-order valence-corrected chi connectivity index (χ4v) is 2.30. The topological polar surface area (TPSA) is 38.7 Å². The number of nitroso groups, excluding NO2 is 1. The van der Waals surface area contributed by atoms with Gasteiger partial charge in [0.2, 0.25) is 0 Å². The van der Waals surface area contributed by atoms with Crippen molar-refractivity contribution >= 4 is 5.69 Å². The quantitative estimate of drug-likeness (QED) is 0.604. The molecular formula is C18H21NO2. The van der Waals surface area contributed by atoms with E-state index in [1.54, 1.807) is 6.07 Å². The summed E-state index contributed by atoms with van der Waals surface area (Å²) in [6.07, 6.45) is 4.20. The lowest BCUT2D eigenvalue weighted by atomic mass is 10.1. The molecule has 0 N–H and O–H groups in total. The Kier molecular flexibility index (Phi) is 5.50. The molecule has 3 heteroatoms. The highest BCUT2D eigenvalue weighted by Crippen LogP contribution is 2.33. The van der Waals surface area contributed by atoms with Crippen molar-refractivity contribution in [2.24, 2.45) is 5.18 Å². The van der Waals surface area contributed by atoms with E-state index in [-0.39, 0.29) is 0 Å². The van der Waals surface area contributed by atoms with E-state index in [2.05, 4.69) is 31.2 Å². The molecule has 2 rings (SSSR count). The number of nitrogens with zero attached hydrogens (tertiary/aromatic N) is 1. The fourth-order valence-electron chi connectivity index (χ4n) is 2.30. The summed E-state index contributed by atoms with van der Waals surface area (Å²) in [7, 11) is 0. The highest BCUT2D eigenvalue weighted by molar-refractivity contribution is 5.54. The molecule has 0 fully saturated rings. The molecule has 0 unspecified atom stereocenters. The van der Waals surface area contributed by atoms with Gasteiger partial charge in [-0.15, -0.1) is 4.91 Å². The molecule has 0 atom stereocenters. The smallest absolute Gasteiger partial charge is 0.156 e. The van der Waals surface area contributed by atoms with Crippen molar-refractivity contribution in [2.75, 3.05) is 0 Å². The lowest BCUT2D eigenvalue weighted by Crippen LogP contribution is -1.89. The number of benzene rings is 2. The Labute approximate surface area is 125 Å². The van der Waals surface area contributed by atoms with E-state index in [1.165, 1.54) is 5.56 Å². The number of ether oxygens (including phenoxy) is 1. The van der Waals surface area contributed by atoms with Crippen molar-refractivity contribution in [2.45, 2.75) is 39.5 Å². The average Bonchev–Trinajstić information content (AvgIpc) is 2.50. The zero-order valence-corrected chi connectivity index (χ0v) is 12.6. The van der Waals surface area contributed by atoms with Crippen molar-refractivity contribution < 1.29 is 4.74 Å². The van der Waals surface area contributed by atoms with Crippen LogP contribution in [-0.4, -0.2) is 0 Å². The Bertz CT molecular complexity index is 591. The van der Waals surface area contributed by atoms with Crippen molar-refractivity contribution in [3.8, 4) is 11.5 Å². The Morgan fingerprint density at radius 2 is 1.52 bits per heavy atom. The third kappa shape index (κ3) is 4.15. The summed E-state index contributed by atoms with van der Waals surface area (Å²) < 4.78 is 5.83. The molecule has 0 radical (unpaired) electrons. The SMILES string of the molecule is CCCc1ccc(Oc2cc(CCC)ccc2N=O)cc1. The summed E-state index contributed by atoms with van der Waals surface area (Å²) in [5.41, 5.74) is 2.79. The van der Waals surface area contributed by atoms with Crippen LogP contribution in [0.25, 0.3) is 0 Å². The van der Waals surface area contributed by atoms with Crippen LogP contribution in [0.3, 0.4) is 0 Å². The molecule has 0 saturated heterocycles. The van der Waals surface area contributed by atoms with Crippen LogP contribution in [0.1, 0.15) is 37.8 Å². The van der Waals surface area contributed by atoms with E-state index in [1.807, 2.05) is 24.3 Å². The summed E-state index contributed by atoms with van der Waals surface area (Å²) in [6, 6.07) is 13.5. The molecule has 0 aliphatic rings. The minimum absolute atomic E-state index is 0.340. The standard InChI is InChI=1S/C18H21NO2/c1-3-5-14-7-10-16(11-8-14)21-18-13-15(6-4-2)9-12-17(18)19-20/h7-13H,3-6H2,1-2H3. The molecule has 0 heterocycles. The predicted octanol–water partition coefficient (Wildman–Crippen LogP) is 5.78. The van der Waals surface area contributed by atoms with Gasteiger partial charge in [0.05, 0.1) is 0 Å². The van der Waals surface area contributed by atoms with E-state index < -0.39 is 0 Å². The second-order valence-electron chi connectivity index (χ2n) is 5.14. The van der Waals surface area contributed by atoms with E-state index in [4.69, 9.17) is 4.74 Å². The largest absolute Gasteiger partial charge is 0.455 e. The third-order valence-electron chi connectivity index (χ3n) is 3.35. The lowest BCUT2D eigenvalue weighted by molar-refractivity contribution is 0.483. The number of rotatable bonds is 7. The molecule has 0 amide bonds. The number of aryl methyl sites for hydroxylation is 2. The summed E-state index contributed by atoms with van der Waals surface area (Å²) in [5, 5.41) is 3.04. The molecule has 21 heavy (non-hydrogen) atoms. The van der Waals surface area contributed by atoms with Gasteiger partial charge in [0.25, 0.3) is 0 Å². The van der Waals surface area contributed by atoms with Gasteiger partial charge >= 0.3 is 0 Å². The first-order valence-corrected chi connectivity index (χ1v) is 7.50. The Morgan fingerprint density at radius 1 is 0.905 bits per heavy atom. The van der Waals surface area contributed by atoms with Gasteiger partial charge in [0.1, 0.15) is 5.75 Å². The summed E-state index contributed by atoms with van der Waals surface area (Å²) in [4.78, 5) is 10.9. The normalized spacial score (nSPS) is 10.4. The van der Waals surface area contributed by atoms with Gasteiger partial charge in [-0.1, -0.05) is 44.9 Å². The summed E-state index contributed by atoms with van der Waals surface area (Å²) >= 11 is 0. The van der Waals surface area contributed by atoms with Crippen molar-refractivity contribution in [1.82, 2.24) is 0 Å². The van der Waals surface area contributed by atoms with Crippen LogP contribution in [0.15, 0.2) is 47.6 Å². The number of hydrogen-bond donors (Lipinski definition) is 0. The molecule has 0 aliphatic carbocycles. The average molecular weight is 283 g/mol. The molecule has 0 bridgehead atoms. The zero-order valence-electron chi connectivity index (χ0n) is 12.6. The fraction of sp³-hybridized carbons (Fsp3) is 0.333. The van der Waals surface area contributed by atoms with Crippen LogP contribution in [-0.2, 0) is 12.8 Å². The van der Waals surface area contributed by atoms with Gasteiger partial charge in [0, 0.05) is 0 Å². The first-order chi connectivity index (χ1) is 10.3. The Morgan fingerprint density at radius 3 is 2.14 bits per heavy atom. The van der Waals surface area contributed by atoms with E-state index in [0.717, 1.165) is 37.0 Å². The molecule has 0 aliphatic heterocycles. The molecule has 3 nitrogen and oxygen atoms in total. The van der Waals surface area contributed by atoms with Gasteiger partial charge in [-0.25, -0.2) is 0 Å². The maximum Gasteiger partial charge on any atom is 0.156 e. The molecule has 0 aromatic heterocycles. The Hall–Kier alpha value is -2.16. The van der Waals surface area contributed by atoms with Crippen molar-refractivity contribution in [3.63, 3.8) is 0 Å². The van der Waals surface area contributed by atoms with Crippen LogP contribution in [0, 0.1) is 4.91 Å². The van der Waals surface area contributed by atoms with Crippen molar-refractivity contribution in [1.29, 1.82) is 0 Å². The number of hydrogen-bond acceptors (Lipinski definition) is 3. The Balaban J connectivity index is 2.20. The van der Waals surface area contributed by atoms with Gasteiger partial charge in [-0.3, -0.25) is 0 Å². The third-order valence-corrected chi connectivity index (χ3v) is 3.35. The summed E-state index contributed by atoms with van der Waals surface area (Å²) in [5.74, 6) is 1.26. The van der Waals surface area contributed by atoms with Crippen LogP contribution in [0.4, 0.5) is 5.69 Å². The summed E-state index contributed by atoms with van der Waals surface area (Å²) in [6.45, 7) is 4.28. The molecule has 2 aromatic rings. The zero-order chi connectivity index (χ0) is 15.1. The van der Waals surface area contributed by atoms with Gasteiger partial charge in [-0.05, 0) is 53.4 Å². The molecule has 0 spiro atoms. The predicted molar refractivity (Wildman–Crippen MR) is 86.4 cm³/mol. The lowest BCUT2D eigenvalue weighted by Gasteiger charge is -2.09. The van der Waals surface area contributed by atoms with Crippen LogP contribution in [0.2, 0.25) is 0 Å². The van der Waals surface area contributed by atoms with Gasteiger partial charge in [-0.2, -0.15) is 0 Å². The molecule has 110 valence electrons. The first-order valence-electron chi connectivity index (χ1n) is 7.50. The second kappa shape index (κ2) is 7.58. The highest BCUT2D eigenvalue weighted by atomic mass is 16.5. The maximum absolute atomic E-state index is 10.9. The van der Waals surface area contributed by atoms with E-state index >= 15 is 0 Å². The van der Waals surface area contributed by atoms with Crippen LogP contribution >= 0.6 is 0 Å². The van der Waals surface area contributed by atoms with Crippen LogP contribution in [0.5, 0.6) is 11.5 Å². The maximum atomic E-state index is 10.9. The van der Waals surface area contributed by atoms with E-state index in [0.29, 0.717) is 11.4 Å². The monoisotopic (exact) mass is 283 g/mol. The minimum atomic E-state index is 0.340. The minimum Gasteiger partial charge on any atom is -0.455 e. The molecule has 0 saturated carbocycles. The molecular weight excluding hydrogens is 262 g/mol. The van der Waals surface area contributed by atoms with E-state index in [9.17, 15) is 4.91 Å². The second-order valence-corrected chi connectivity index (χ2v) is 5.14. The van der Waals surface area contributed by atoms with Crippen molar-refractivity contribution in [3.05, 3.63) is 58.5 Å². The molecule has 2 aromatic carbocycles. The highest BCUT2D eigenvalue weighted by Gasteiger charge is 2.07. The van der Waals surface area contributed by atoms with Crippen LogP contribution < -0.4 is 4.74 Å². The van der Waals surface area contributed by atoms with Gasteiger partial charge in [0.15, 0.2) is 11.4 Å². The first kappa shape index (κ1) is 15.2.